The van der Waals surface area contributed by atoms with Gasteiger partial charge in [0.15, 0.2) is 5.16 Å². The number of carbonyl (C=O) groups excluding carboxylic acids is 1. The van der Waals surface area contributed by atoms with E-state index in [2.05, 4.69) is 15.5 Å². The third-order valence-electron chi connectivity index (χ3n) is 5.32. The Bertz CT molecular complexity index is 1370. The van der Waals surface area contributed by atoms with Crippen LogP contribution >= 0.6 is 23.4 Å². The zero-order chi connectivity index (χ0) is 25.9. The van der Waals surface area contributed by atoms with Crippen molar-refractivity contribution in [3.05, 3.63) is 82.9 Å². The van der Waals surface area contributed by atoms with E-state index >= 15 is 0 Å². The molecule has 4 aromatic rings. The molecule has 0 aliphatic rings. The maximum Gasteiger partial charge on any atom is 0.416 e. The standard InChI is InChI=1S/C24H21ClF3N5O2S/c1-32-11-3-4-17(32)13-21-30-31-23(33(21)16-6-8-18(35-2)9-7-16)36-14-22(34)29-20-12-15(24(26,27)28)5-10-19(20)25/h3-12H,13-14H2,1-2H3,(H,29,34). The molecule has 0 spiro atoms. The molecule has 0 saturated carbocycles. The minimum absolute atomic E-state index is 0.00704. The lowest BCUT2D eigenvalue weighted by Crippen LogP contribution is -2.16. The van der Waals surface area contributed by atoms with Crippen LogP contribution in [0.4, 0.5) is 18.9 Å². The van der Waals surface area contributed by atoms with Gasteiger partial charge in [-0.25, -0.2) is 0 Å². The molecule has 2 aromatic carbocycles. The van der Waals surface area contributed by atoms with Crippen LogP contribution in [0.1, 0.15) is 17.1 Å². The summed E-state index contributed by atoms with van der Waals surface area (Å²) in [5.74, 6) is 0.688. The highest BCUT2D eigenvalue weighted by atomic mass is 35.5. The second-order valence-electron chi connectivity index (χ2n) is 7.75. The minimum Gasteiger partial charge on any atom is -0.497 e. The molecule has 1 N–H and O–H groups in total. The van der Waals surface area contributed by atoms with Gasteiger partial charge in [-0.2, -0.15) is 13.2 Å². The highest BCUT2D eigenvalue weighted by Gasteiger charge is 2.31. The largest absolute Gasteiger partial charge is 0.497 e. The number of amides is 1. The molecule has 2 aromatic heterocycles. The van der Waals surface area contributed by atoms with Crippen molar-refractivity contribution in [1.82, 2.24) is 19.3 Å². The van der Waals surface area contributed by atoms with E-state index in [4.69, 9.17) is 16.3 Å². The molecule has 36 heavy (non-hydrogen) atoms. The number of carbonyl (C=O) groups is 1. The van der Waals surface area contributed by atoms with Crippen molar-refractivity contribution in [2.24, 2.45) is 7.05 Å². The molecule has 0 atom stereocenters. The average molecular weight is 536 g/mol. The number of anilines is 1. The summed E-state index contributed by atoms with van der Waals surface area (Å²) in [7, 11) is 3.51. The number of nitrogens with one attached hydrogen (secondary N) is 1. The van der Waals surface area contributed by atoms with Gasteiger partial charge in [-0.1, -0.05) is 23.4 Å². The fraction of sp³-hybridized carbons (Fsp3) is 0.208. The zero-order valence-corrected chi connectivity index (χ0v) is 20.8. The minimum atomic E-state index is -4.55. The summed E-state index contributed by atoms with van der Waals surface area (Å²) in [4.78, 5) is 12.6. The first-order chi connectivity index (χ1) is 17.2. The second kappa shape index (κ2) is 10.7. The molecule has 1 amide bonds. The number of aryl methyl sites for hydroxylation is 1. The van der Waals surface area contributed by atoms with E-state index in [0.29, 0.717) is 23.2 Å². The zero-order valence-electron chi connectivity index (χ0n) is 19.2. The van der Waals surface area contributed by atoms with Crippen molar-refractivity contribution in [3.63, 3.8) is 0 Å². The van der Waals surface area contributed by atoms with Gasteiger partial charge in [0, 0.05) is 31.0 Å². The predicted octanol–water partition coefficient (Wildman–Crippen LogP) is 5.61. The number of halogens is 4. The van der Waals surface area contributed by atoms with E-state index in [9.17, 15) is 18.0 Å². The van der Waals surface area contributed by atoms with Gasteiger partial charge in [-0.05, 0) is 54.6 Å². The fourth-order valence-electron chi connectivity index (χ4n) is 3.45. The van der Waals surface area contributed by atoms with Gasteiger partial charge in [0.25, 0.3) is 0 Å². The summed E-state index contributed by atoms with van der Waals surface area (Å²) in [6, 6.07) is 14.0. The molecule has 0 aliphatic carbocycles. The van der Waals surface area contributed by atoms with Crippen molar-refractivity contribution >= 4 is 35.0 Å². The van der Waals surface area contributed by atoms with Crippen molar-refractivity contribution in [2.75, 3.05) is 18.2 Å². The van der Waals surface area contributed by atoms with E-state index in [1.807, 2.05) is 46.6 Å². The molecule has 0 bridgehead atoms. The van der Waals surface area contributed by atoms with Crippen molar-refractivity contribution in [1.29, 1.82) is 0 Å². The van der Waals surface area contributed by atoms with Crippen molar-refractivity contribution in [2.45, 2.75) is 17.8 Å². The number of aromatic nitrogens is 4. The summed E-state index contributed by atoms with van der Waals surface area (Å²) in [6.07, 6.45) is -2.13. The number of thioether (sulfide) groups is 1. The number of alkyl halides is 3. The van der Waals surface area contributed by atoms with E-state index in [1.165, 1.54) is 0 Å². The quantitative estimate of drug-likeness (QED) is 0.297. The first-order valence-electron chi connectivity index (χ1n) is 10.6. The van der Waals surface area contributed by atoms with Crippen molar-refractivity contribution in [3.8, 4) is 11.4 Å². The van der Waals surface area contributed by atoms with Crippen LogP contribution in [0, 0.1) is 0 Å². The number of ether oxygens (including phenoxy) is 1. The highest BCUT2D eigenvalue weighted by Crippen LogP contribution is 2.34. The van der Waals surface area contributed by atoms with Gasteiger partial charge >= 0.3 is 6.18 Å². The van der Waals surface area contributed by atoms with Gasteiger partial charge in [0.2, 0.25) is 5.91 Å². The topological polar surface area (TPSA) is 74.0 Å². The van der Waals surface area contributed by atoms with E-state index in [1.54, 1.807) is 19.2 Å². The monoisotopic (exact) mass is 535 g/mol. The van der Waals surface area contributed by atoms with E-state index in [-0.39, 0.29) is 16.5 Å². The average Bonchev–Trinajstić information content (AvgIpc) is 3.44. The molecule has 0 aliphatic heterocycles. The molecule has 0 radical (unpaired) electrons. The first-order valence-corrected chi connectivity index (χ1v) is 12.0. The van der Waals surface area contributed by atoms with Crippen LogP contribution in [0.25, 0.3) is 5.69 Å². The highest BCUT2D eigenvalue weighted by molar-refractivity contribution is 7.99. The molecule has 2 heterocycles. The summed E-state index contributed by atoms with van der Waals surface area (Å²) in [5, 5.41) is 11.5. The molecule has 0 fully saturated rings. The van der Waals surface area contributed by atoms with Crippen LogP contribution in [-0.2, 0) is 24.4 Å². The fourth-order valence-corrected chi connectivity index (χ4v) is 4.39. The molecule has 188 valence electrons. The molecule has 12 heteroatoms. The Morgan fingerprint density at radius 2 is 1.89 bits per heavy atom. The Hall–Kier alpha value is -3.44. The Balaban J connectivity index is 1.55. The van der Waals surface area contributed by atoms with Crippen LogP contribution in [0.15, 0.2) is 66.0 Å². The number of hydrogen-bond acceptors (Lipinski definition) is 5. The van der Waals surface area contributed by atoms with Gasteiger partial charge in [0.05, 0.1) is 29.1 Å². The molecule has 4 rings (SSSR count). The van der Waals surface area contributed by atoms with Gasteiger partial charge in [-0.15, -0.1) is 10.2 Å². The number of benzene rings is 2. The number of methoxy groups -OCH3 is 1. The second-order valence-corrected chi connectivity index (χ2v) is 9.10. The van der Waals surface area contributed by atoms with Gasteiger partial charge in [-0.3, -0.25) is 9.36 Å². The lowest BCUT2D eigenvalue weighted by molar-refractivity contribution is -0.137. The van der Waals surface area contributed by atoms with Crippen LogP contribution in [0.3, 0.4) is 0 Å². The molecule has 0 saturated heterocycles. The smallest absolute Gasteiger partial charge is 0.416 e. The van der Waals surface area contributed by atoms with E-state index in [0.717, 1.165) is 41.3 Å². The number of nitrogens with zero attached hydrogens (tertiary/aromatic N) is 4. The summed E-state index contributed by atoms with van der Waals surface area (Å²) >= 11 is 7.10. The maximum atomic E-state index is 13.0. The van der Waals surface area contributed by atoms with Crippen LogP contribution in [0.2, 0.25) is 5.02 Å². The summed E-state index contributed by atoms with van der Waals surface area (Å²) < 4.78 is 48.2. The van der Waals surface area contributed by atoms with Gasteiger partial charge < -0.3 is 14.6 Å². The van der Waals surface area contributed by atoms with Crippen LogP contribution in [-0.4, -0.2) is 38.1 Å². The van der Waals surface area contributed by atoms with Gasteiger partial charge in [0.1, 0.15) is 11.6 Å². The SMILES string of the molecule is COc1ccc(-n2c(Cc3cccn3C)nnc2SCC(=O)Nc2cc(C(F)(F)F)ccc2Cl)cc1. The molecular weight excluding hydrogens is 515 g/mol. The Kier molecular flexibility index (Phi) is 7.60. The summed E-state index contributed by atoms with van der Waals surface area (Å²) in [6.45, 7) is 0. The molecular formula is C24H21ClF3N5O2S. The Morgan fingerprint density at radius 1 is 1.14 bits per heavy atom. The Morgan fingerprint density at radius 3 is 2.53 bits per heavy atom. The van der Waals surface area contributed by atoms with Crippen molar-refractivity contribution < 1.29 is 22.7 Å². The third kappa shape index (κ3) is 5.85. The number of hydrogen-bond donors (Lipinski definition) is 1. The maximum absolute atomic E-state index is 13.0. The summed E-state index contributed by atoms with van der Waals surface area (Å²) in [5.41, 5.74) is 0.775. The molecule has 7 nitrogen and oxygen atoms in total. The lowest BCUT2D eigenvalue weighted by Gasteiger charge is -2.13. The normalized spacial score (nSPS) is 11.5. The Labute approximate surface area is 214 Å². The predicted molar refractivity (Wildman–Crippen MR) is 132 cm³/mol. The lowest BCUT2D eigenvalue weighted by atomic mass is 10.2. The van der Waals surface area contributed by atoms with Crippen LogP contribution in [0.5, 0.6) is 5.75 Å². The molecule has 0 unspecified atom stereocenters. The third-order valence-corrected chi connectivity index (χ3v) is 6.58. The van der Waals surface area contributed by atoms with E-state index < -0.39 is 17.6 Å². The number of rotatable bonds is 8. The van der Waals surface area contributed by atoms with Crippen LogP contribution < -0.4 is 10.1 Å². The first kappa shape index (κ1) is 25.6.